The molecule has 0 spiro atoms. The molecule has 0 atom stereocenters. The van der Waals surface area contributed by atoms with Crippen LogP contribution < -0.4 is 0 Å². The van der Waals surface area contributed by atoms with Crippen LogP contribution in [0.5, 0.6) is 0 Å². The summed E-state index contributed by atoms with van der Waals surface area (Å²) in [5.74, 6) is 0. The fourth-order valence-electron chi connectivity index (χ4n) is 0. The molecule has 35 valence electrons. The quantitative estimate of drug-likeness (QED) is 0.335. The third-order valence-electron chi connectivity index (χ3n) is 0. The molecule has 0 amide bonds. The first-order chi connectivity index (χ1) is 1.73. The van der Waals surface area contributed by atoms with Gasteiger partial charge in [0.25, 0.3) is 5.09 Å². The molecule has 0 saturated heterocycles. The second kappa shape index (κ2) is 8.92. The molecule has 0 bridgehead atoms. The van der Waals surface area contributed by atoms with Crippen molar-refractivity contribution in [3.63, 3.8) is 0 Å². The van der Waals surface area contributed by atoms with Crippen molar-refractivity contribution in [2.45, 2.75) is 0 Å². The van der Waals surface area contributed by atoms with Gasteiger partial charge in [-0.1, -0.05) is 0 Å². The van der Waals surface area contributed by atoms with Gasteiger partial charge in [-0.25, -0.2) is 0 Å². The van der Waals surface area contributed by atoms with Gasteiger partial charge in [-0.05, 0) is 0 Å². The van der Waals surface area contributed by atoms with Gasteiger partial charge < -0.3 is 10.7 Å². The van der Waals surface area contributed by atoms with E-state index in [2.05, 4.69) is 0 Å². The van der Waals surface area contributed by atoms with Crippen LogP contribution in [0.3, 0.4) is 0 Å². The van der Waals surface area contributed by atoms with Crippen LogP contribution in [-0.2, 0) is 27.7 Å². The standard InChI is InChI=1S/Hg.HNO3.H2O.H/c;2-1(3)4;;/h;(H,2,3,4);1H2;. The fourth-order valence-corrected chi connectivity index (χ4v) is 0. The third kappa shape index (κ3) is 4340. The predicted octanol–water partition coefficient (Wildman–Crippen LogP) is -1.44. The van der Waals surface area contributed by atoms with E-state index in [4.69, 9.17) is 15.3 Å². The molecular weight excluding hydrogens is 279 g/mol. The van der Waals surface area contributed by atoms with Crippen molar-refractivity contribution in [3.8, 4) is 0 Å². The minimum absolute atomic E-state index is 0. The summed E-state index contributed by atoms with van der Waals surface area (Å²) in [6.07, 6.45) is 0. The van der Waals surface area contributed by atoms with Crippen LogP contribution >= 0.6 is 0 Å². The Kier molecular flexibility index (Phi) is 24.6. The molecule has 0 aromatic carbocycles. The maximum atomic E-state index is 8.36. The van der Waals surface area contributed by atoms with Gasteiger partial charge in [-0.3, -0.25) is 0 Å². The van der Waals surface area contributed by atoms with Crippen molar-refractivity contribution >= 4 is 0 Å². The summed E-state index contributed by atoms with van der Waals surface area (Å²) in [6, 6.07) is 0. The molecule has 6 heavy (non-hydrogen) atoms. The van der Waals surface area contributed by atoms with E-state index in [9.17, 15) is 0 Å². The van der Waals surface area contributed by atoms with E-state index < -0.39 is 5.09 Å². The Labute approximate surface area is 53.9 Å². The Balaban J connectivity index is -0.0000000450. The molecule has 0 aliphatic heterocycles. The zero-order valence-electron chi connectivity index (χ0n) is 3.21. The summed E-state index contributed by atoms with van der Waals surface area (Å²) in [6.45, 7) is 0. The molecular formula is H4HgNO4. The first-order valence-electron chi connectivity index (χ1n) is 0.565. The van der Waals surface area contributed by atoms with E-state index in [0.717, 1.165) is 0 Å². The van der Waals surface area contributed by atoms with Gasteiger partial charge in [-0.15, -0.1) is 10.1 Å². The summed E-state index contributed by atoms with van der Waals surface area (Å²) < 4.78 is 0. The molecule has 3 N–H and O–H groups in total. The van der Waals surface area contributed by atoms with Gasteiger partial charge in [0.15, 0.2) is 0 Å². The maximum absolute atomic E-state index is 8.36. The van der Waals surface area contributed by atoms with Crippen LogP contribution in [0, 0.1) is 10.1 Å². The van der Waals surface area contributed by atoms with Crippen LogP contribution in [0.25, 0.3) is 0 Å². The first kappa shape index (κ1) is 16.5. The van der Waals surface area contributed by atoms with Crippen molar-refractivity contribution in [1.82, 2.24) is 0 Å². The summed E-state index contributed by atoms with van der Waals surface area (Å²) >= 11 is 0. The van der Waals surface area contributed by atoms with Gasteiger partial charge >= 0.3 is 27.7 Å². The minimum atomic E-state index is -1.50. The van der Waals surface area contributed by atoms with Crippen molar-refractivity contribution < 1.29 is 43.4 Å². The molecule has 0 aromatic heterocycles. The molecule has 0 aromatic rings. The number of rotatable bonds is 0. The monoisotopic (exact) mass is 284 g/mol. The Morgan fingerprint density at radius 2 is 1.67 bits per heavy atom. The summed E-state index contributed by atoms with van der Waals surface area (Å²) in [5.41, 5.74) is 0. The third-order valence-corrected chi connectivity index (χ3v) is 0. The molecule has 5 nitrogen and oxygen atoms in total. The second-order valence-electron chi connectivity index (χ2n) is 0.238. The number of hydrogen-bond donors (Lipinski definition) is 1. The predicted molar refractivity (Wildman–Crippen MR) is 13.8 cm³/mol. The van der Waals surface area contributed by atoms with E-state index in [1.807, 2.05) is 0 Å². The van der Waals surface area contributed by atoms with Crippen molar-refractivity contribution in [2.24, 2.45) is 0 Å². The average molecular weight is 283 g/mol. The molecule has 6 heteroatoms. The van der Waals surface area contributed by atoms with E-state index in [0.29, 0.717) is 0 Å². The SMILES string of the molecule is O.O=[N+]([O-])O.[HgH]. The summed E-state index contributed by atoms with van der Waals surface area (Å²) in [4.78, 5) is 8.36. The molecule has 0 aliphatic rings. The van der Waals surface area contributed by atoms with Gasteiger partial charge in [0.2, 0.25) is 0 Å². The molecule has 0 saturated carbocycles. The van der Waals surface area contributed by atoms with Gasteiger partial charge in [0, 0.05) is 0 Å². The Morgan fingerprint density at radius 1 is 1.67 bits per heavy atom. The second-order valence-corrected chi connectivity index (χ2v) is 0.238. The van der Waals surface area contributed by atoms with Gasteiger partial charge in [-0.2, -0.15) is 0 Å². The van der Waals surface area contributed by atoms with Crippen LogP contribution in [0.2, 0.25) is 0 Å². The molecule has 0 fully saturated rings. The zero-order chi connectivity index (χ0) is 3.58. The fraction of sp³-hybridized carbons (Fsp3) is 0. The zero-order valence-corrected chi connectivity index (χ0v) is 11.0. The van der Waals surface area contributed by atoms with Gasteiger partial charge in [0.1, 0.15) is 0 Å². The first-order valence-corrected chi connectivity index (χ1v) is 0.565. The topological polar surface area (TPSA) is 94.9 Å². The number of nitrogens with zero attached hydrogens (tertiary/aromatic N) is 1. The van der Waals surface area contributed by atoms with Crippen LogP contribution in [0.1, 0.15) is 0 Å². The van der Waals surface area contributed by atoms with E-state index >= 15 is 0 Å². The Morgan fingerprint density at radius 3 is 1.67 bits per heavy atom. The normalized spacial score (nSPS) is 4.00. The molecule has 0 heterocycles. The molecule has 0 unspecified atom stereocenters. The Hall–Kier alpha value is 0.0951. The van der Waals surface area contributed by atoms with Gasteiger partial charge in [0.05, 0.1) is 0 Å². The Bertz CT molecular complexity index is 30.5. The summed E-state index contributed by atoms with van der Waals surface area (Å²) in [5, 5.41) is 13.6. The number of hydrogen-bond acceptors (Lipinski definition) is 2. The van der Waals surface area contributed by atoms with E-state index in [-0.39, 0.29) is 33.1 Å². The average Bonchev–Trinajstić information content (AvgIpc) is 0.811. The van der Waals surface area contributed by atoms with E-state index in [1.54, 1.807) is 0 Å². The summed E-state index contributed by atoms with van der Waals surface area (Å²) in [7, 11) is 0. The van der Waals surface area contributed by atoms with Crippen molar-refractivity contribution in [3.05, 3.63) is 10.1 Å². The molecule has 0 aliphatic carbocycles. The molecule has 0 radical (unpaired) electrons. The van der Waals surface area contributed by atoms with Crippen LogP contribution in [0.15, 0.2) is 0 Å². The van der Waals surface area contributed by atoms with Crippen LogP contribution in [-0.4, -0.2) is 15.8 Å². The van der Waals surface area contributed by atoms with Crippen LogP contribution in [0.4, 0.5) is 0 Å². The van der Waals surface area contributed by atoms with E-state index in [1.165, 1.54) is 0 Å². The molecule has 0 rings (SSSR count). The van der Waals surface area contributed by atoms with Crippen molar-refractivity contribution in [1.29, 1.82) is 0 Å². The van der Waals surface area contributed by atoms with Crippen molar-refractivity contribution in [2.75, 3.05) is 0 Å².